The maximum absolute atomic E-state index is 15.3. The van der Waals surface area contributed by atoms with Crippen molar-refractivity contribution in [2.24, 2.45) is 5.92 Å². The van der Waals surface area contributed by atoms with E-state index < -0.39 is 32.0 Å². The van der Waals surface area contributed by atoms with Crippen molar-refractivity contribution in [1.29, 1.82) is 0 Å². The number of carbonyl (C=O) groups excluding carboxylic acids is 4. The number of rotatable bonds is 13. The number of hydrogen-bond acceptors (Lipinski definition) is 8. The Bertz CT molecular complexity index is 1870. The Morgan fingerprint density at radius 1 is 1.05 bits per heavy atom. The van der Waals surface area contributed by atoms with Crippen molar-refractivity contribution in [2.75, 3.05) is 36.6 Å². The molecular formula is C43H57N3O8Si. The summed E-state index contributed by atoms with van der Waals surface area (Å²) in [6.07, 6.45) is 6.47. The van der Waals surface area contributed by atoms with E-state index in [9.17, 15) is 19.5 Å². The summed E-state index contributed by atoms with van der Waals surface area (Å²) in [7, 11) is -0.911. The first-order valence-electron chi connectivity index (χ1n) is 19.6. The van der Waals surface area contributed by atoms with E-state index in [2.05, 4.69) is 65.1 Å². The summed E-state index contributed by atoms with van der Waals surface area (Å²) in [4.78, 5) is 59.5. The van der Waals surface area contributed by atoms with Crippen LogP contribution in [0.4, 0.5) is 11.4 Å². The first kappa shape index (κ1) is 40.4. The first-order valence-corrected chi connectivity index (χ1v) is 22.7. The van der Waals surface area contributed by atoms with Gasteiger partial charge in [-0.2, -0.15) is 0 Å². The number of β-lactam (4-membered cyclic amide) rings is 1. The van der Waals surface area contributed by atoms with Crippen LogP contribution in [0.15, 0.2) is 65.8 Å². The van der Waals surface area contributed by atoms with Gasteiger partial charge in [-0.1, -0.05) is 60.6 Å². The number of allylic oxidation sites excluding steroid dienone is 3. The normalized spacial score (nSPS) is 26.4. The second kappa shape index (κ2) is 16.1. The van der Waals surface area contributed by atoms with Crippen molar-refractivity contribution < 1.29 is 38.5 Å². The molecule has 0 bridgehead atoms. The van der Waals surface area contributed by atoms with Crippen molar-refractivity contribution in [2.45, 2.75) is 116 Å². The van der Waals surface area contributed by atoms with Gasteiger partial charge in [-0.3, -0.25) is 24.1 Å². The first-order chi connectivity index (χ1) is 26.1. The van der Waals surface area contributed by atoms with Gasteiger partial charge in [0.05, 0.1) is 52.5 Å². The summed E-state index contributed by atoms with van der Waals surface area (Å²) in [5.74, 6) is -0.570. The lowest BCUT2D eigenvalue weighted by atomic mass is 9.82. The zero-order valence-corrected chi connectivity index (χ0v) is 34.6. The van der Waals surface area contributed by atoms with Gasteiger partial charge in [0.15, 0.2) is 11.8 Å². The van der Waals surface area contributed by atoms with E-state index in [0.717, 1.165) is 36.6 Å². The average Bonchev–Trinajstić information content (AvgIpc) is 3.80. The molecule has 11 nitrogen and oxygen atoms in total. The molecule has 3 amide bonds. The van der Waals surface area contributed by atoms with Gasteiger partial charge in [0.25, 0.3) is 5.91 Å². The molecule has 6 rings (SSSR count). The highest BCUT2D eigenvalue weighted by Gasteiger charge is 2.66. The SMILES string of the molecule is COc1ccc([Si](C)(C)[C@H]2[C@H](CC(=O)N3CCC[C@H]3CO)O[C@@]3(C(=O)N(C/C=C(\C)CCC=C(C)C)c4ccc(N5C(=O)CC5OC(C)=O)cc43)[C@@H]2C)cc1. The molecule has 0 saturated carbocycles. The molecule has 1 spiro atoms. The molecule has 2 aromatic carbocycles. The molecule has 296 valence electrons. The molecule has 1 unspecified atom stereocenters. The van der Waals surface area contributed by atoms with Crippen LogP contribution in [0.3, 0.4) is 0 Å². The molecular weight excluding hydrogens is 715 g/mol. The number of carbonyl (C=O) groups is 4. The summed E-state index contributed by atoms with van der Waals surface area (Å²) in [5.41, 5.74) is 2.66. The van der Waals surface area contributed by atoms with E-state index in [1.807, 2.05) is 24.3 Å². The number of aliphatic hydroxyl groups excluding tert-OH is 1. The van der Waals surface area contributed by atoms with Crippen molar-refractivity contribution in [1.82, 2.24) is 4.90 Å². The minimum absolute atomic E-state index is 0.0741. The molecule has 4 heterocycles. The van der Waals surface area contributed by atoms with Crippen LogP contribution in [0.2, 0.25) is 18.6 Å². The van der Waals surface area contributed by atoms with E-state index in [4.69, 9.17) is 14.2 Å². The lowest BCUT2D eigenvalue weighted by Crippen LogP contribution is -2.55. The number of anilines is 2. The van der Waals surface area contributed by atoms with Crippen molar-refractivity contribution >= 4 is 48.3 Å². The molecule has 0 aromatic heterocycles. The molecule has 1 N–H and O–H groups in total. The second-order valence-corrected chi connectivity index (χ2v) is 21.1. The predicted molar refractivity (Wildman–Crippen MR) is 215 cm³/mol. The number of esters is 1. The van der Waals surface area contributed by atoms with Gasteiger partial charge in [0.2, 0.25) is 11.8 Å². The number of benzene rings is 2. The summed E-state index contributed by atoms with van der Waals surface area (Å²) in [6.45, 7) is 15.0. The fourth-order valence-electron chi connectivity index (χ4n) is 9.40. The number of fused-ring (bicyclic) bond motifs is 2. The van der Waals surface area contributed by atoms with Gasteiger partial charge < -0.3 is 29.1 Å². The summed E-state index contributed by atoms with van der Waals surface area (Å²) < 4.78 is 18.2. The van der Waals surface area contributed by atoms with Crippen LogP contribution in [0.5, 0.6) is 5.75 Å². The van der Waals surface area contributed by atoms with E-state index in [0.29, 0.717) is 30.0 Å². The van der Waals surface area contributed by atoms with Crippen LogP contribution >= 0.6 is 0 Å². The van der Waals surface area contributed by atoms with Gasteiger partial charge in [0, 0.05) is 37.2 Å². The lowest BCUT2D eigenvalue weighted by Gasteiger charge is -2.39. The highest BCUT2D eigenvalue weighted by molar-refractivity contribution is 6.91. The monoisotopic (exact) mass is 771 g/mol. The standard InChI is InChI=1S/C43H57N3O8Si/c1-27(2)11-9-12-28(3)20-22-45-36-19-14-31(46-39(50)25-40(46)53-30(5)48)23-35(36)43(42(45)51)29(4)41(55(7,8)34-17-15-33(52-6)16-18-34)37(54-43)24-38(49)44-21-10-13-32(44)26-47/h11,14-20,23,29,32,37,40-41,47H,9-10,12-13,21-22,24-26H2,1-8H3/b28-20+/t29-,32+,37+,40?,41-,43+/m1/s1. The smallest absolute Gasteiger partial charge is 0.304 e. The zero-order valence-electron chi connectivity index (χ0n) is 33.6. The minimum atomic E-state index is -2.55. The molecule has 3 fully saturated rings. The fourth-order valence-corrected chi connectivity index (χ4v) is 13.4. The molecule has 3 saturated heterocycles. The van der Waals surface area contributed by atoms with Gasteiger partial charge >= 0.3 is 5.97 Å². The van der Waals surface area contributed by atoms with Crippen LogP contribution in [-0.2, 0) is 34.3 Å². The minimum Gasteiger partial charge on any atom is -0.497 e. The van der Waals surface area contributed by atoms with Gasteiger partial charge in [0.1, 0.15) is 5.75 Å². The quantitative estimate of drug-likeness (QED) is 0.115. The number of likely N-dealkylation sites (tertiary alicyclic amines) is 1. The fraction of sp³-hybridized carbons (Fsp3) is 0.535. The van der Waals surface area contributed by atoms with Crippen LogP contribution < -0.4 is 19.7 Å². The number of ether oxygens (including phenoxy) is 3. The number of methoxy groups -OCH3 is 1. The summed E-state index contributed by atoms with van der Waals surface area (Å²) in [5, 5.41) is 11.3. The number of hydrogen-bond donors (Lipinski definition) is 1. The highest BCUT2D eigenvalue weighted by Crippen LogP contribution is 2.60. The largest absolute Gasteiger partial charge is 0.497 e. The Kier molecular flexibility index (Phi) is 11.8. The topological polar surface area (TPSA) is 126 Å². The van der Waals surface area contributed by atoms with Gasteiger partial charge in [-0.05, 0) is 82.3 Å². The third-order valence-corrected chi connectivity index (χ3v) is 16.7. The maximum atomic E-state index is 15.3. The summed E-state index contributed by atoms with van der Waals surface area (Å²) in [6, 6.07) is 13.4. The third kappa shape index (κ3) is 7.52. The molecule has 6 atom stereocenters. The Balaban J connectivity index is 1.46. The van der Waals surface area contributed by atoms with Crippen molar-refractivity contribution in [3.05, 3.63) is 71.3 Å². The van der Waals surface area contributed by atoms with Crippen LogP contribution in [0.25, 0.3) is 0 Å². The molecule has 55 heavy (non-hydrogen) atoms. The number of aliphatic hydroxyl groups is 1. The molecule has 2 aromatic rings. The molecule has 0 radical (unpaired) electrons. The Hall–Kier alpha value is -4.26. The van der Waals surface area contributed by atoms with Crippen LogP contribution in [0.1, 0.15) is 78.7 Å². The highest BCUT2D eigenvalue weighted by atomic mass is 28.3. The summed E-state index contributed by atoms with van der Waals surface area (Å²) >= 11 is 0. The van der Waals surface area contributed by atoms with Crippen LogP contribution in [0, 0.1) is 5.92 Å². The zero-order chi connectivity index (χ0) is 39.8. The molecule has 12 heteroatoms. The average molecular weight is 772 g/mol. The van der Waals surface area contributed by atoms with E-state index in [-0.39, 0.29) is 54.7 Å². The van der Waals surface area contributed by atoms with Gasteiger partial charge in [-0.25, -0.2) is 0 Å². The second-order valence-electron chi connectivity index (χ2n) is 16.4. The van der Waals surface area contributed by atoms with E-state index in [1.54, 1.807) is 23.0 Å². The Morgan fingerprint density at radius 2 is 1.78 bits per heavy atom. The lowest BCUT2D eigenvalue weighted by molar-refractivity contribution is -0.154. The van der Waals surface area contributed by atoms with Crippen molar-refractivity contribution in [3.8, 4) is 5.75 Å². The Morgan fingerprint density at radius 3 is 2.42 bits per heavy atom. The van der Waals surface area contributed by atoms with Gasteiger partial charge in [-0.15, -0.1) is 0 Å². The Labute approximate surface area is 326 Å². The molecule has 4 aliphatic heterocycles. The van der Waals surface area contributed by atoms with E-state index >= 15 is 4.79 Å². The molecule has 4 aliphatic rings. The van der Waals surface area contributed by atoms with Crippen LogP contribution in [-0.4, -0.2) is 87.0 Å². The number of nitrogens with zero attached hydrogens (tertiary/aromatic N) is 3. The number of amides is 3. The maximum Gasteiger partial charge on any atom is 0.304 e. The van der Waals surface area contributed by atoms with Crippen molar-refractivity contribution in [3.63, 3.8) is 0 Å². The predicted octanol–water partition coefficient (Wildman–Crippen LogP) is 5.95. The molecule has 0 aliphatic carbocycles. The third-order valence-electron chi connectivity index (χ3n) is 12.3. The van der Waals surface area contributed by atoms with E-state index in [1.165, 1.54) is 23.0 Å².